The second-order valence-corrected chi connectivity index (χ2v) is 10.8. The van der Waals surface area contributed by atoms with Crippen LogP contribution in [0.2, 0.25) is 0 Å². The van der Waals surface area contributed by atoms with Crippen molar-refractivity contribution in [3.05, 3.63) is 17.7 Å². The van der Waals surface area contributed by atoms with Gasteiger partial charge in [0.1, 0.15) is 4.21 Å². The summed E-state index contributed by atoms with van der Waals surface area (Å²) >= 11 is 1.07. The van der Waals surface area contributed by atoms with Crippen LogP contribution in [0.25, 0.3) is 10.1 Å². The molecule has 0 amide bonds. The number of hydrogen-bond donors (Lipinski definition) is 5. The molecule has 1 atom stereocenters. The Labute approximate surface area is 204 Å². The first-order chi connectivity index (χ1) is 16.2. The van der Waals surface area contributed by atoms with Crippen LogP contribution in [0.4, 0.5) is 13.2 Å². The van der Waals surface area contributed by atoms with Crippen molar-refractivity contribution >= 4 is 45.4 Å². The highest BCUT2D eigenvalue weighted by molar-refractivity contribution is 7.92. The lowest BCUT2D eigenvalue weighted by Gasteiger charge is -2.13. The number of alkyl halides is 3. The molecule has 0 fully saturated rings. The number of carboxylic acids is 1. The number of nitrogens with two attached hydrogens (primary N) is 2. The third-order valence-corrected chi connectivity index (χ3v) is 7.97. The molecule has 0 saturated heterocycles. The van der Waals surface area contributed by atoms with E-state index in [0.717, 1.165) is 11.3 Å². The van der Waals surface area contributed by atoms with Gasteiger partial charge in [0.25, 0.3) is 10.0 Å². The largest absolute Gasteiger partial charge is 0.522 e. The fraction of sp³-hybridized carbons (Fsp3) is 0.500. The zero-order valence-electron chi connectivity index (χ0n) is 18.5. The molecule has 0 aliphatic rings. The van der Waals surface area contributed by atoms with Gasteiger partial charge in [0.2, 0.25) is 6.29 Å². The van der Waals surface area contributed by atoms with Gasteiger partial charge >= 0.3 is 20.2 Å². The molecule has 35 heavy (non-hydrogen) atoms. The van der Waals surface area contributed by atoms with Gasteiger partial charge in [-0.25, -0.2) is 13.2 Å². The number of fused-ring (bicyclic) bond motifs is 1. The molecule has 0 aliphatic carbocycles. The van der Waals surface area contributed by atoms with Gasteiger partial charge in [-0.3, -0.25) is 0 Å². The number of carbonyl (C=O) groups is 1. The predicted molar refractivity (Wildman–Crippen MR) is 124 cm³/mol. The third-order valence-electron chi connectivity index (χ3n) is 4.05. The van der Waals surface area contributed by atoms with Gasteiger partial charge in [-0.2, -0.15) is 22.8 Å². The first-order valence-corrected chi connectivity index (χ1v) is 13.6. The molecule has 0 aliphatic heterocycles. The molecule has 1 aromatic heterocycles. The average molecular weight is 565 g/mol. The van der Waals surface area contributed by atoms with E-state index in [-0.39, 0.29) is 4.21 Å². The average Bonchev–Trinajstić information content (AvgIpc) is 3.09. The van der Waals surface area contributed by atoms with Crippen molar-refractivity contribution < 1.29 is 50.4 Å². The number of nitrogens with one attached hydrogen (secondary N) is 1. The maximum absolute atomic E-state index is 12.5. The molecule has 1 heterocycles. The van der Waals surface area contributed by atoms with Crippen LogP contribution in [0, 0.1) is 6.92 Å². The summed E-state index contributed by atoms with van der Waals surface area (Å²) in [6, 6.07) is 3.49. The highest BCUT2D eigenvalue weighted by Gasteiger charge is 2.38. The quantitative estimate of drug-likeness (QED) is 0.189. The lowest BCUT2D eigenvalue weighted by Crippen LogP contribution is -2.22. The number of benzene rings is 1. The molecule has 1 aromatic carbocycles. The van der Waals surface area contributed by atoms with E-state index in [1.807, 2.05) is 0 Å². The van der Waals surface area contributed by atoms with Crippen molar-refractivity contribution in [3.8, 4) is 11.5 Å². The minimum Gasteiger partial charge on any atom is -0.490 e. The van der Waals surface area contributed by atoms with Crippen LogP contribution in [0.5, 0.6) is 11.5 Å². The fourth-order valence-corrected chi connectivity index (χ4v) is 6.03. The molecule has 0 saturated carbocycles. The first-order valence-electron chi connectivity index (χ1n) is 9.90. The molecular formula is C18H26F3N3O8PS2+. The van der Waals surface area contributed by atoms with E-state index in [2.05, 4.69) is 4.72 Å². The Bertz CT molecular complexity index is 1130. The van der Waals surface area contributed by atoms with E-state index < -0.39 is 36.5 Å². The van der Waals surface area contributed by atoms with E-state index >= 15 is 0 Å². The van der Waals surface area contributed by atoms with Crippen molar-refractivity contribution in [1.29, 1.82) is 0 Å². The highest BCUT2D eigenvalue weighted by Crippen LogP contribution is 2.41. The lowest BCUT2D eigenvalue weighted by molar-refractivity contribution is -0.192. The normalized spacial score (nSPS) is 12.1. The van der Waals surface area contributed by atoms with E-state index in [9.17, 15) is 26.2 Å². The summed E-state index contributed by atoms with van der Waals surface area (Å²) in [5, 5.41) is 7.84. The number of ether oxygens (including phenoxy) is 2. The molecule has 17 heteroatoms. The number of thiophene rings is 1. The number of aliphatic carboxylic acids is 1. The van der Waals surface area contributed by atoms with Gasteiger partial charge in [0, 0.05) is 16.2 Å². The predicted octanol–water partition coefficient (Wildman–Crippen LogP) is 2.27. The Hall–Kier alpha value is -2.07. The number of halogens is 3. The Morgan fingerprint density at radius 1 is 1.14 bits per heavy atom. The maximum Gasteiger partial charge on any atom is 0.522 e. The molecule has 7 N–H and O–H groups in total. The molecule has 0 bridgehead atoms. The molecule has 0 radical (unpaired) electrons. The van der Waals surface area contributed by atoms with Gasteiger partial charge in [-0.15, -0.1) is 11.3 Å². The lowest BCUT2D eigenvalue weighted by atomic mass is 10.2. The standard InChI is InChI=1S/C16H24N3O6PS2.C2HF3O2/c1-11-12-8-13(24-6-2-4-17)14(25-7-3-5-18)9-15(12)27-16(11)28(22,23)19-10-26(20)21;3-2(4,5)1(6)7/h8-9,19H,2-7,10,17-18H2,1H3;(H,6,7)/p+1. The third kappa shape index (κ3) is 9.83. The minimum atomic E-state index is -5.08. The van der Waals surface area contributed by atoms with Gasteiger partial charge < -0.3 is 26.0 Å². The van der Waals surface area contributed by atoms with Crippen LogP contribution >= 0.6 is 19.4 Å². The van der Waals surface area contributed by atoms with Crippen LogP contribution in [-0.2, 0) is 19.4 Å². The van der Waals surface area contributed by atoms with Crippen LogP contribution < -0.4 is 25.7 Å². The van der Waals surface area contributed by atoms with E-state index in [4.69, 9.17) is 35.7 Å². The Morgan fingerprint density at radius 3 is 2.06 bits per heavy atom. The maximum atomic E-state index is 12.5. The van der Waals surface area contributed by atoms with Crippen molar-refractivity contribution in [3.63, 3.8) is 0 Å². The van der Waals surface area contributed by atoms with Crippen molar-refractivity contribution in [1.82, 2.24) is 4.72 Å². The topological polar surface area (TPSA) is 191 Å². The molecular weight excluding hydrogens is 538 g/mol. The van der Waals surface area contributed by atoms with Crippen LogP contribution in [0.1, 0.15) is 18.4 Å². The molecule has 1 unspecified atom stereocenters. The molecule has 2 rings (SSSR count). The Morgan fingerprint density at radius 2 is 1.63 bits per heavy atom. The SMILES string of the molecule is Cc1c(S(=O)(=O)NC[P+](=O)O)sc2cc(OCCCN)c(OCCCN)cc12.O=C(O)C(F)(F)F. The zero-order chi connectivity index (χ0) is 26.8. The van der Waals surface area contributed by atoms with E-state index in [0.29, 0.717) is 66.3 Å². The number of rotatable bonds is 12. The molecule has 2 aromatic rings. The summed E-state index contributed by atoms with van der Waals surface area (Å²) in [7, 11) is -6.52. The summed E-state index contributed by atoms with van der Waals surface area (Å²) in [5.74, 6) is -1.74. The smallest absolute Gasteiger partial charge is 0.490 e. The van der Waals surface area contributed by atoms with Crippen LogP contribution in [0.15, 0.2) is 16.3 Å². The first kappa shape index (κ1) is 31.0. The summed E-state index contributed by atoms with van der Waals surface area (Å²) in [4.78, 5) is 17.8. The van der Waals surface area contributed by atoms with Gasteiger partial charge in [-0.05, 0) is 49.0 Å². The van der Waals surface area contributed by atoms with Gasteiger partial charge in [-0.1, -0.05) is 0 Å². The van der Waals surface area contributed by atoms with Crippen molar-refractivity contribution in [2.24, 2.45) is 11.5 Å². The minimum absolute atomic E-state index is 0.0892. The van der Waals surface area contributed by atoms with Gasteiger partial charge in [0.05, 0.1) is 13.2 Å². The van der Waals surface area contributed by atoms with Crippen molar-refractivity contribution in [2.75, 3.05) is 32.6 Å². The summed E-state index contributed by atoms with van der Waals surface area (Å²) < 4.78 is 82.0. The molecule has 0 spiro atoms. The second-order valence-electron chi connectivity index (χ2n) is 6.75. The Balaban J connectivity index is 0.000000762. The van der Waals surface area contributed by atoms with Gasteiger partial charge in [0.15, 0.2) is 11.5 Å². The zero-order valence-corrected chi connectivity index (χ0v) is 21.0. The van der Waals surface area contributed by atoms with Crippen LogP contribution in [0.3, 0.4) is 0 Å². The molecule has 198 valence electrons. The Kier molecular flexibility index (Phi) is 12.3. The molecule has 11 nitrogen and oxygen atoms in total. The fourth-order valence-electron chi connectivity index (χ4n) is 2.42. The van der Waals surface area contributed by atoms with E-state index in [1.54, 1.807) is 19.1 Å². The van der Waals surface area contributed by atoms with Crippen LogP contribution in [-0.4, -0.2) is 63.2 Å². The highest BCUT2D eigenvalue weighted by atomic mass is 32.2. The number of hydrogen-bond acceptors (Lipinski definition) is 9. The number of sulfonamides is 1. The summed E-state index contributed by atoms with van der Waals surface area (Å²) in [5.41, 5.74) is 11.6. The number of aryl methyl sites for hydroxylation is 1. The van der Waals surface area contributed by atoms with Crippen molar-refractivity contribution in [2.45, 2.75) is 30.2 Å². The number of carboxylic acid groups (broad SMARTS) is 1. The monoisotopic (exact) mass is 564 g/mol. The van der Waals surface area contributed by atoms with E-state index in [1.165, 1.54) is 0 Å². The second kappa shape index (κ2) is 13.9. The summed E-state index contributed by atoms with van der Waals surface area (Å²) in [6.45, 7) is 3.49. The summed E-state index contributed by atoms with van der Waals surface area (Å²) in [6.07, 6.45) is -4.27.